The summed E-state index contributed by atoms with van der Waals surface area (Å²) in [6, 6.07) is 8.14. The van der Waals surface area contributed by atoms with E-state index in [1.165, 1.54) is 14.0 Å². The Balaban J connectivity index is 1.97. The van der Waals surface area contributed by atoms with Crippen LogP contribution in [-0.2, 0) is 6.18 Å². The van der Waals surface area contributed by atoms with Crippen LogP contribution in [0.5, 0.6) is 5.75 Å². The van der Waals surface area contributed by atoms with E-state index in [9.17, 15) is 13.2 Å². The lowest BCUT2D eigenvalue weighted by molar-refractivity contribution is -0.142. The van der Waals surface area contributed by atoms with Gasteiger partial charge in [0.1, 0.15) is 11.4 Å². The summed E-state index contributed by atoms with van der Waals surface area (Å²) in [5.74, 6) is 0.489. The van der Waals surface area contributed by atoms with Gasteiger partial charge < -0.3 is 4.74 Å². The molecule has 6 nitrogen and oxygen atoms in total. The van der Waals surface area contributed by atoms with Gasteiger partial charge in [-0.1, -0.05) is 0 Å². The molecule has 4 aromatic rings. The molecule has 0 aliphatic carbocycles. The molecule has 0 N–H and O–H groups in total. The van der Waals surface area contributed by atoms with Crippen LogP contribution in [0.1, 0.15) is 17.1 Å². The largest absolute Gasteiger partial charge is 0.496 e. The lowest BCUT2D eigenvalue weighted by Crippen LogP contribution is -2.13. The zero-order chi connectivity index (χ0) is 20.1. The zero-order valence-corrected chi connectivity index (χ0v) is 15.3. The standard InChI is InChI=1S/C19H16F3N5O/c1-11-9-16(19(20,21)22)27-18(24-11)17(12(2)25-27)14-6-5-13(10-15(14)28-3)26-8-4-7-23-26/h4-10H,1-3H3. The molecule has 3 aromatic heterocycles. The van der Waals surface area contributed by atoms with Crippen LogP contribution in [0.4, 0.5) is 13.2 Å². The number of alkyl halides is 3. The number of ether oxygens (including phenoxy) is 1. The summed E-state index contributed by atoms with van der Waals surface area (Å²) < 4.78 is 48.4. The van der Waals surface area contributed by atoms with Crippen LogP contribution in [0.25, 0.3) is 22.5 Å². The molecule has 0 aliphatic rings. The molecule has 0 bridgehead atoms. The normalized spacial score (nSPS) is 11.9. The lowest BCUT2D eigenvalue weighted by atomic mass is 10.0. The summed E-state index contributed by atoms with van der Waals surface area (Å²) in [7, 11) is 1.51. The van der Waals surface area contributed by atoms with Crippen molar-refractivity contribution in [2.24, 2.45) is 0 Å². The average Bonchev–Trinajstić information content (AvgIpc) is 3.27. The van der Waals surface area contributed by atoms with Crippen LogP contribution in [0.3, 0.4) is 0 Å². The second-order valence-electron chi connectivity index (χ2n) is 6.31. The maximum Gasteiger partial charge on any atom is 0.433 e. The summed E-state index contributed by atoms with van der Waals surface area (Å²) in [5, 5.41) is 8.29. The summed E-state index contributed by atoms with van der Waals surface area (Å²) in [6.45, 7) is 3.18. The number of aryl methyl sites for hydroxylation is 2. The van der Waals surface area contributed by atoms with E-state index in [4.69, 9.17) is 4.74 Å². The molecule has 0 atom stereocenters. The van der Waals surface area contributed by atoms with Crippen molar-refractivity contribution in [1.29, 1.82) is 0 Å². The highest BCUT2D eigenvalue weighted by Crippen LogP contribution is 2.38. The van der Waals surface area contributed by atoms with Crippen LogP contribution >= 0.6 is 0 Å². The van der Waals surface area contributed by atoms with Crippen molar-refractivity contribution < 1.29 is 17.9 Å². The van der Waals surface area contributed by atoms with Gasteiger partial charge in [0.2, 0.25) is 0 Å². The summed E-state index contributed by atoms with van der Waals surface area (Å²) in [5.41, 5.74) is 1.82. The Morgan fingerprint density at radius 3 is 2.54 bits per heavy atom. The van der Waals surface area contributed by atoms with E-state index in [0.29, 0.717) is 22.6 Å². The third-order valence-corrected chi connectivity index (χ3v) is 4.41. The Bertz CT molecular complexity index is 1160. The zero-order valence-electron chi connectivity index (χ0n) is 15.3. The summed E-state index contributed by atoms with van der Waals surface area (Å²) in [4.78, 5) is 4.32. The Morgan fingerprint density at radius 1 is 1.11 bits per heavy atom. The molecule has 3 heterocycles. The predicted octanol–water partition coefficient (Wildman–Crippen LogP) is 4.23. The van der Waals surface area contributed by atoms with E-state index in [1.54, 1.807) is 42.2 Å². The fraction of sp³-hybridized carbons (Fsp3) is 0.211. The molecule has 0 aliphatic heterocycles. The molecule has 0 saturated heterocycles. The minimum absolute atomic E-state index is 0.134. The van der Waals surface area contributed by atoms with Crippen molar-refractivity contribution in [2.75, 3.05) is 7.11 Å². The van der Waals surface area contributed by atoms with Crippen molar-refractivity contribution in [3.8, 4) is 22.6 Å². The molecule has 0 unspecified atom stereocenters. The number of fused-ring (bicyclic) bond motifs is 1. The first-order chi connectivity index (χ1) is 13.3. The van der Waals surface area contributed by atoms with Gasteiger partial charge in [-0.05, 0) is 38.1 Å². The first kappa shape index (κ1) is 18.0. The maximum absolute atomic E-state index is 13.5. The fourth-order valence-corrected chi connectivity index (χ4v) is 3.21. The first-order valence-corrected chi connectivity index (χ1v) is 8.42. The van der Waals surface area contributed by atoms with Gasteiger partial charge >= 0.3 is 6.18 Å². The molecule has 0 spiro atoms. The number of hydrogen-bond donors (Lipinski definition) is 0. The number of halogens is 3. The molecular formula is C19H16F3N5O. The number of methoxy groups -OCH3 is 1. The van der Waals surface area contributed by atoms with Crippen LogP contribution in [0.15, 0.2) is 42.7 Å². The molecule has 0 amide bonds. The van der Waals surface area contributed by atoms with E-state index < -0.39 is 11.9 Å². The molecule has 144 valence electrons. The van der Waals surface area contributed by atoms with Gasteiger partial charge in [0, 0.05) is 29.7 Å². The number of nitrogens with zero attached hydrogens (tertiary/aromatic N) is 5. The Kier molecular flexibility index (Phi) is 4.10. The van der Waals surface area contributed by atoms with E-state index >= 15 is 0 Å². The highest BCUT2D eigenvalue weighted by Gasteiger charge is 2.35. The minimum Gasteiger partial charge on any atom is -0.496 e. The van der Waals surface area contributed by atoms with E-state index in [1.807, 2.05) is 6.07 Å². The molecule has 1 aromatic carbocycles. The number of hydrogen-bond acceptors (Lipinski definition) is 4. The van der Waals surface area contributed by atoms with E-state index in [-0.39, 0.29) is 11.3 Å². The Labute approximate surface area is 158 Å². The second-order valence-corrected chi connectivity index (χ2v) is 6.31. The van der Waals surface area contributed by atoms with E-state index in [2.05, 4.69) is 15.2 Å². The average molecular weight is 387 g/mol. The van der Waals surface area contributed by atoms with Gasteiger partial charge in [-0.25, -0.2) is 14.2 Å². The third kappa shape index (κ3) is 2.88. The molecule has 0 saturated carbocycles. The molecule has 0 fully saturated rings. The Hall–Kier alpha value is -3.36. The highest BCUT2D eigenvalue weighted by molar-refractivity contribution is 5.84. The van der Waals surface area contributed by atoms with Crippen LogP contribution < -0.4 is 4.74 Å². The number of rotatable bonds is 3. The van der Waals surface area contributed by atoms with Crippen molar-refractivity contribution in [3.63, 3.8) is 0 Å². The third-order valence-electron chi connectivity index (χ3n) is 4.41. The number of aromatic nitrogens is 5. The lowest BCUT2D eigenvalue weighted by Gasteiger charge is -2.12. The van der Waals surface area contributed by atoms with Gasteiger partial charge in [-0.2, -0.15) is 23.4 Å². The van der Waals surface area contributed by atoms with Gasteiger partial charge in [-0.3, -0.25) is 0 Å². The van der Waals surface area contributed by atoms with Crippen LogP contribution in [0, 0.1) is 13.8 Å². The quantitative estimate of drug-likeness (QED) is 0.528. The van der Waals surface area contributed by atoms with Gasteiger partial charge in [0.05, 0.1) is 24.1 Å². The SMILES string of the molecule is COc1cc(-n2cccn2)ccc1-c1c(C)nn2c(C(F)(F)F)cc(C)nc12. The monoisotopic (exact) mass is 387 g/mol. The van der Waals surface area contributed by atoms with Crippen LogP contribution in [-0.4, -0.2) is 31.5 Å². The van der Waals surface area contributed by atoms with Crippen LogP contribution in [0.2, 0.25) is 0 Å². The molecule has 0 radical (unpaired) electrons. The molecule has 9 heteroatoms. The topological polar surface area (TPSA) is 57.2 Å². The minimum atomic E-state index is -4.55. The van der Waals surface area contributed by atoms with Gasteiger partial charge in [0.15, 0.2) is 5.65 Å². The van der Waals surface area contributed by atoms with Gasteiger partial charge in [-0.15, -0.1) is 0 Å². The van der Waals surface area contributed by atoms with Crippen molar-refractivity contribution in [1.82, 2.24) is 24.4 Å². The van der Waals surface area contributed by atoms with Crippen molar-refractivity contribution in [3.05, 3.63) is 59.8 Å². The smallest absolute Gasteiger partial charge is 0.433 e. The summed E-state index contributed by atoms with van der Waals surface area (Å²) in [6.07, 6.45) is -1.10. The maximum atomic E-state index is 13.5. The molecule has 28 heavy (non-hydrogen) atoms. The fourth-order valence-electron chi connectivity index (χ4n) is 3.21. The van der Waals surface area contributed by atoms with Crippen molar-refractivity contribution >= 4 is 5.65 Å². The predicted molar refractivity (Wildman–Crippen MR) is 96.6 cm³/mol. The molecular weight excluding hydrogens is 371 g/mol. The molecule has 4 rings (SSSR count). The summed E-state index contributed by atoms with van der Waals surface area (Å²) >= 11 is 0. The highest BCUT2D eigenvalue weighted by atomic mass is 19.4. The van der Waals surface area contributed by atoms with Gasteiger partial charge in [0.25, 0.3) is 0 Å². The first-order valence-electron chi connectivity index (χ1n) is 8.42. The second kappa shape index (κ2) is 6.36. The van der Waals surface area contributed by atoms with E-state index in [0.717, 1.165) is 16.3 Å². The van der Waals surface area contributed by atoms with Crippen molar-refractivity contribution in [2.45, 2.75) is 20.0 Å². The Morgan fingerprint density at radius 2 is 1.89 bits per heavy atom. The number of benzene rings is 1.